The Morgan fingerprint density at radius 2 is 1.77 bits per heavy atom. The van der Waals surface area contributed by atoms with Crippen LogP contribution in [0.1, 0.15) is 33.5 Å². The van der Waals surface area contributed by atoms with E-state index in [1.165, 1.54) is 30.3 Å². The summed E-state index contributed by atoms with van der Waals surface area (Å²) in [5, 5.41) is 13.9. The lowest BCUT2D eigenvalue weighted by Crippen LogP contribution is -2.26. The second-order valence-electron chi connectivity index (χ2n) is 6.99. The molecular formula is C22H20N2O7. The van der Waals surface area contributed by atoms with Gasteiger partial charge in [0.2, 0.25) is 0 Å². The number of esters is 1. The van der Waals surface area contributed by atoms with Crippen LogP contribution in [0.2, 0.25) is 0 Å². The predicted molar refractivity (Wildman–Crippen MR) is 112 cm³/mol. The Balaban J connectivity index is 1.55. The standard InChI is InChI=1S/C22H20N2O7/c1-13-9-18-16(11-21(26)31-19(18)10-14(13)2)12-30-20(25)7-8-23-22(27)15-3-5-17(6-4-15)24(28)29/h3-6,9-11H,7-8,12H2,1-2H3,(H,23,27). The molecule has 9 heteroatoms. The highest BCUT2D eigenvalue weighted by Gasteiger charge is 2.12. The molecule has 1 aromatic heterocycles. The van der Waals surface area contributed by atoms with E-state index in [0.29, 0.717) is 16.5 Å². The first-order chi connectivity index (χ1) is 14.7. The summed E-state index contributed by atoms with van der Waals surface area (Å²) in [7, 11) is 0. The molecule has 0 saturated carbocycles. The molecule has 160 valence electrons. The van der Waals surface area contributed by atoms with Crippen LogP contribution >= 0.6 is 0 Å². The first-order valence-corrected chi connectivity index (χ1v) is 9.47. The van der Waals surface area contributed by atoms with E-state index in [0.717, 1.165) is 11.1 Å². The second-order valence-corrected chi connectivity index (χ2v) is 6.99. The Bertz CT molecular complexity index is 1210. The summed E-state index contributed by atoms with van der Waals surface area (Å²) in [6.45, 7) is 3.78. The number of nitrogens with zero attached hydrogens (tertiary/aromatic N) is 1. The van der Waals surface area contributed by atoms with Gasteiger partial charge in [0, 0.05) is 41.3 Å². The molecule has 1 amide bonds. The van der Waals surface area contributed by atoms with E-state index in [-0.39, 0.29) is 30.8 Å². The average molecular weight is 424 g/mol. The Hall–Kier alpha value is -4.01. The van der Waals surface area contributed by atoms with E-state index in [2.05, 4.69) is 5.32 Å². The number of carbonyl (C=O) groups excluding carboxylic acids is 2. The van der Waals surface area contributed by atoms with E-state index in [4.69, 9.17) is 9.15 Å². The molecule has 3 aromatic rings. The van der Waals surface area contributed by atoms with Crippen molar-refractivity contribution < 1.29 is 23.7 Å². The number of benzene rings is 2. The number of fused-ring (bicyclic) bond motifs is 1. The quantitative estimate of drug-likeness (QED) is 0.267. The van der Waals surface area contributed by atoms with Gasteiger partial charge in [-0.15, -0.1) is 0 Å². The van der Waals surface area contributed by atoms with Gasteiger partial charge in [0.05, 0.1) is 11.3 Å². The number of aryl methyl sites for hydroxylation is 2. The number of nitro benzene ring substituents is 1. The van der Waals surface area contributed by atoms with Crippen molar-refractivity contribution in [1.82, 2.24) is 5.32 Å². The molecule has 0 unspecified atom stereocenters. The molecule has 0 bridgehead atoms. The number of amides is 1. The minimum atomic E-state index is -0.556. The molecule has 3 rings (SSSR count). The fourth-order valence-corrected chi connectivity index (χ4v) is 2.95. The summed E-state index contributed by atoms with van der Waals surface area (Å²) in [4.78, 5) is 46.0. The molecule has 2 aromatic carbocycles. The molecule has 0 saturated heterocycles. The van der Waals surface area contributed by atoms with Gasteiger partial charge in [-0.25, -0.2) is 4.79 Å². The number of nitro groups is 1. The summed E-state index contributed by atoms with van der Waals surface area (Å²) < 4.78 is 10.5. The third-order valence-electron chi connectivity index (χ3n) is 4.79. The molecule has 31 heavy (non-hydrogen) atoms. The summed E-state index contributed by atoms with van der Waals surface area (Å²) in [5.74, 6) is -1.01. The molecule has 0 radical (unpaired) electrons. The van der Waals surface area contributed by atoms with Crippen molar-refractivity contribution in [3.8, 4) is 0 Å². The first kappa shape index (κ1) is 21.7. The highest BCUT2D eigenvalue weighted by Crippen LogP contribution is 2.22. The molecule has 0 spiro atoms. The van der Waals surface area contributed by atoms with Crippen LogP contribution in [0.25, 0.3) is 11.0 Å². The zero-order valence-electron chi connectivity index (χ0n) is 17.0. The Morgan fingerprint density at radius 1 is 1.10 bits per heavy atom. The number of carbonyl (C=O) groups is 2. The number of hydrogen-bond acceptors (Lipinski definition) is 7. The van der Waals surface area contributed by atoms with E-state index < -0.39 is 22.4 Å². The largest absolute Gasteiger partial charge is 0.461 e. The van der Waals surface area contributed by atoms with Gasteiger partial charge in [0.1, 0.15) is 12.2 Å². The zero-order valence-corrected chi connectivity index (χ0v) is 17.0. The third-order valence-corrected chi connectivity index (χ3v) is 4.79. The Morgan fingerprint density at radius 3 is 2.45 bits per heavy atom. The Labute approximate surface area is 176 Å². The second kappa shape index (κ2) is 9.21. The SMILES string of the molecule is Cc1cc2oc(=O)cc(COC(=O)CCNC(=O)c3ccc([N+](=O)[O-])cc3)c2cc1C. The lowest BCUT2D eigenvalue weighted by atomic mass is 10.0. The van der Waals surface area contributed by atoms with Gasteiger partial charge >= 0.3 is 11.6 Å². The van der Waals surface area contributed by atoms with Gasteiger partial charge < -0.3 is 14.5 Å². The maximum Gasteiger partial charge on any atom is 0.336 e. The number of nitrogens with one attached hydrogen (secondary N) is 1. The van der Waals surface area contributed by atoms with E-state index in [1.807, 2.05) is 19.9 Å². The molecule has 1 N–H and O–H groups in total. The van der Waals surface area contributed by atoms with Gasteiger partial charge in [-0.2, -0.15) is 0 Å². The fourth-order valence-electron chi connectivity index (χ4n) is 2.95. The van der Waals surface area contributed by atoms with Crippen molar-refractivity contribution in [3.05, 3.63) is 85.3 Å². The molecule has 0 fully saturated rings. The third kappa shape index (κ3) is 5.33. The van der Waals surface area contributed by atoms with Gasteiger partial charge in [-0.3, -0.25) is 19.7 Å². The predicted octanol–water partition coefficient (Wildman–Crippen LogP) is 3.18. The van der Waals surface area contributed by atoms with Crippen LogP contribution in [-0.4, -0.2) is 23.3 Å². The van der Waals surface area contributed by atoms with Gasteiger partial charge in [-0.1, -0.05) is 0 Å². The minimum Gasteiger partial charge on any atom is -0.461 e. The van der Waals surface area contributed by atoms with Crippen molar-refractivity contribution in [2.75, 3.05) is 6.54 Å². The van der Waals surface area contributed by atoms with Crippen LogP contribution in [0.4, 0.5) is 5.69 Å². The maximum absolute atomic E-state index is 12.1. The van der Waals surface area contributed by atoms with Crippen molar-refractivity contribution >= 4 is 28.5 Å². The summed E-state index contributed by atoms with van der Waals surface area (Å²) in [5.41, 5.74) is 2.56. The minimum absolute atomic E-state index is 0.0324. The van der Waals surface area contributed by atoms with Gasteiger partial charge in [0.15, 0.2) is 0 Å². The van der Waals surface area contributed by atoms with Crippen molar-refractivity contribution in [3.63, 3.8) is 0 Å². The number of ether oxygens (including phenoxy) is 1. The van der Waals surface area contributed by atoms with Crippen molar-refractivity contribution in [1.29, 1.82) is 0 Å². The number of non-ortho nitro benzene ring substituents is 1. The molecule has 0 aliphatic rings. The number of hydrogen-bond donors (Lipinski definition) is 1. The van der Waals surface area contributed by atoms with Crippen LogP contribution in [-0.2, 0) is 16.1 Å². The van der Waals surface area contributed by atoms with E-state index >= 15 is 0 Å². The highest BCUT2D eigenvalue weighted by atomic mass is 16.6. The van der Waals surface area contributed by atoms with Crippen LogP contribution in [0, 0.1) is 24.0 Å². The normalized spacial score (nSPS) is 10.6. The molecule has 0 atom stereocenters. The zero-order chi connectivity index (χ0) is 22.5. The molecule has 0 aliphatic heterocycles. The Kier molecular flexibility index (Phi) is 6.44. The lowest BCUT2D eigenvalue weighted by molar-refractivity contribution is -0.384. The van der Waals surface area contributed by atoms with Crippen LogP contribution < -0.4 is 10.9 Å². The molecular weight excluding hydrogens is 404 g/mol. The summed E-state index contributed by atoms with van der Waals surface area (Å²) in [6, 6.07) is 10.1. The van der Waals surface area contributed by atoms with Gasteiger partial charge in [-0.05, 0) is 49.2 Å². The van der Waals surface area contributed by atoms with E-state index in [9.17, 15) is 24.5 Å². The van der Waals surface area contributed by atoms with Crippen molar-refractivity contribution in [2.24, 2.45) is 0 Å². The highest BCUT2D eigenvalue weighted by molar-refractivity contribution is 5.94. The van der Waals surface area contributed by atoms with Crippen LogP contribution in [0.5, 0.6) is 0 Å². The molecule has 0 aliphatic carbocycles. The summed E-state index contributed by atoms with van der Waals surface area (Å²) >= 11 is 0. The average Bonchev–Trinajstić information content (AvgIpc) is 2.73. The maximum atomic E-state index is 12.1. The topological polar surface area (TPSA) is 129 Å². The molecule has 1 heterocycles. The number of rotatable bonds is 7. The van der Waals surface area contributed by atoms with Crippen LogP contribution in [0.3, 0.4) is 0 Å². The monoisotopic (exact) mass is 424 g/mol. The fraction of sp³-hybridized carbons (Fsp3) is 0.227. The van der Waals surface area contributed by atoms with E-state index in [1.54, 1.807) is 6.07 Å². The van der Waals surface area contributed by atoms with Crippen molar-refractivity contribution in [2.45, 2.75) is 26.9 Å². The van der Waals surface area contributed by atoms with Crippen LogP contribution in [0.15, 0.2) is 51.7 Å². The lowest BCUT2D eigenvalue weighted by Gasteiger charge is -2.09. The van der Waals surface area contributed by atoms with Gasteiger partial charge in [0.25, 0.3) is 11.6 Å². The first-order valence-electron chi connectivity index (χ1n) is 9.47. The smallest absolute Gasteiger partial charge is 0.336 e. The summed E-state index contributed by atoms with van der Waals surface area (Å²) in [6.07, 6.45) is -0.0732. The molecule has 9 nitrogen and oxygen atoms in total.